The van der Waals surface area contributed by atoms with E-state index in [4.69, 9.17) is 9.47 Å². The van der Waals surface area contributed by atoms with Crippen LogP contribution in [-0.2, 0) is 6.54 Å². The lowest BCUT2D eigenvalue weighted by Gasteiger charge is -2.35. The Kier molecular flexibility index (Phi) is 5.56. The Hall–Kier alpha value is -1.77. The molecule has 6 nitrogen and oxygen atoms in total. The first-order valence-electron chi connectivity index (χ1n) is 9.00. The van der Waals surface area contributed by atoms with Gasteiger partial charge in [-0.05, 0) is 52.7 Å². The Morgan fingerprint density at radius 3 is 2.70 bits per heavy atom. The summed E-state index contributed by atoms with van der Waals surface area (Å²) in [6, 6.07) is 9.93. The quantitative estimate of drug-likeness (QED) is 0.767. The summed E-state index contributed by atoms with van der Waals surface area (Å²) in [6.45, 7) is 6.45. The zero-order valence-electron chi connectivity index (χ0n) is 15.1. The van der Waals surface area contributed by atoms with Crippen LogP contribution >= 0.6 is 27.3 Å². The van der Waals surface area contributed by atoms with Crippen LogP contribution in [0.5, 0.6) is 11.5 Å². The van der Waals surface area contributed by atoms with E-state index in [1.165, 1.54) is 4.88 Å². The Balaban J connectivity index is 1.27. The molecule has 1 atom stereocenters. The highest BCUT2D eigenvalue weighted by molar-refractivity contribution is 9.11. The summed E-state index contributed by atoms with van der Waals surface area (Å²) < 4.78 is 11.9. The second kappa shape index (κ2) is 8.08. The van der Waals surface area contributed by atoms with E-state index in [1.807, 2.05) is 30.0 Å². The zero-order chi connectivity index (χ0) is 18.8. The molecular formula is C19H22BrN3O3S. The fraction of sp³-hybridized carbons (Fsp3) is 0.421. The Morgan fingerprint density at radius 2 is 1.96 bits per heavy atom. The van der Waals surface area contributed by atoms with Gasteiger partial charge in [-0.1, -0.05) is 6.07 Å². The van der Waals surface area contributed by atoms with Gasteiger partial charge in [0.15, 0.2) is 11.5 Å². The molecule has 0 bridgehead atoms. The number of piperazine rings is 1. The van der Waals surface area contributed by atoms with E-state index in [9.17, 15) is 4.79 Å². The van der Waals surface area contributed by atoms with Gasteiger partial charge in [0.1, 0.15) is 0 Å². The maximum Gasteiger partial charge on any atom is 0.317 e. The molecule has 1 saturated heterocycles. The van der Waals surface area contributed by atoms with Crippen molar-refractivity contribution in [1.82, 2.24) is 15.1 Å². The molecule has 1 N–H and O–H groups in total. The number of hydrogen-bond donors (Lipinski definition) is 1. The molecule has 0 spiro atoms. The highest BCUT2D eigenvalue weighted by Gasteiger charge is 2.23. The van der Waals surface area contributed by atoms with E-state index in [0.717, 1.165) is 53.6 Å². The van der Waals surface area contributed by atoms with Gasteiger partial charge in [-0.3, -0.25) is 4.90 Å². The number of nitrogens with one attached hydrogen (secondary N) is 1. The van der Waals surface area contributed by atoms with Gasteiger partial charge < -0.3 is 19.7 Å². The van der Waals surface area contributed by atoms with Crippen molar-refractivity contribution in [2.24, 2.45) is 0 Å². The average Bonchev–Trinajstić information content (AvgIpc) is 3.30. The molecule has 2 aliphatic rings. The second-order valence-electron chi connectivity index (χ2n) is 6.75. The Bertz CT molecular complexity index is 820. The lowest BCUT2D eigenvalue weighted by molar-refractivity contribution is 0.134. The summed E-state index contributed by atoms with van der Waals surface area (Å²) in [6.07, 6.45) is 0. The molecule has 0 radical (unpaired) electrons. The lowest BCUT2D eigenvalue weighted by Crippen LogP contribution is -2.51. The number of benzene rings is 1. The van der Waals surface area contributed by atoms with E-state index in [2.05, 4.69) is 38.3 Å². The minimum absolute atomic E-state index is 0.0151. The van der Waals surface area contributed by atoms with Crippen molar-refractivity contribution < 1.29 is 14.3 Å². The van der Waals surface area contributed by atoms with Crippen LogP contribution in [0, 0.1) is 0 Å². The molecule has 2 aliphatic heterocycles. The molecule has 3 heterocycles. The largest absolute Gasteiger partial charge is 0.454 e. The van der Waals surface area contributed by atoms with E-state index >= 15 is 0 Å². The van der Waals surface area contributed by atoms with Crippen LogP contribution in [0.1, 0.15) is 23.4 Å². The summed E-state index contributed by atoms with van der Waals surface area (Å²) in [5, 5.41) is 3.09. The number of halogens is 1. The third-order valence-electron chi connectivity index (χ3n) is 4.90. The molecule has 144 valence electrons. The van der Waals surface area contributed by atoms with Gasteiger partial charge in [0, 0.05) is 37.6 Å². The number of carbonyl (C=O) groups is 1. The number of nitrogens with zero attached hydrogens (tertiary/aromatic N) is 2. The smallest absolute Gasteiger partial charge is 0.317 e. The van der Waals surface area contributed by atoms with Crippen LogP contribution < -0.4 is 14.8 Å². The molecule has 1 unspecified atom stereocenters. The van der Waals surface area contributed by atoms with Crippen LogP contribution in [-0.4, -0.2) is 48.8 Å². The highest BCUT2D eigenvalue weighted by atomic mass is 79.9. The summed E-state index contributed by atoms with van der Waals surface area (Å²) in [5.41, 5.74) is 1.01. The van der Waals surface area contributed by atoms with Crippen molar-refractivity contribution in [2.45, 2.75) is 19.5 Å². The molecular weight excluding hydrogens is 430 g/mol. The molecule has 1 fully saturated rings. The van der Waals surface area contributed by atoms with Crippen LogP contribution in [0.15, 0.2) is 34.1 Å². The number of amides is 2. The van der Waals surface area contributed by atoms with Crippen molar-refractivity contribution in [3.05, 3.63) is 44.6 Å². The predicted octanol–water partition coefficient (Wildman–Crippen LogP) is 3.83. The van der Waals surface area contributed by atoms with Crippen LogP contribution in [0.25, 0.3) is 0 Å². The number of ether oxygens (including phenoxy) is 2. The molecule has 4 rings (SSSR count). The zero-order valence-corrected chi connectivity index (χ0v) is 17.5. The lowest BCUT2D eigenvalue weighted by atomic mass is 10.1. The number of rotatable bonds is 4. The molecule has 27 heavy (non-hydrogen) atoms. The van der Waals surface area contributed by atoms with E-state index in [0.29, 0.717) is 0 Å². The average molecular weight is 452 g/mol. The number of fused-ring (bicyclic) bond motifs is 1. The molecule has 1 aromatic carbocycles. The first-order valence-corrected chi connectivity index (χ1v) is 10.6. The topological polar surface area (TPSA) is 54.0 Å². The molecule has 0 saturated carbocycles. The van der Waals surface area contributed by atoms with Gasteiger partial charge in [-0.25, -0.2) is 4.79 Å². The third-order valence-corrected chi connectivity index (χ3v) is 6.51. The van der Waals surface area contributed by atoms with Gasteiger partial charge >= 0.3 is 6.03 Å². The first kappa shape index (κ1) is 18.6. The summed E-state index contributed by atoms with van der Waals surface area (Å²) in [4.78, 5) is 18.2. The second-order valence-corrected chi connectivity index (χ2v) is 9.30. The number of hydrogen-bond acceptors (Lipinski definition) is 5. The van der Waals surface area contributed by atoms with Crippen LogP contribution in [0.3, 0.4) is 0 Å². The molecule has 1 aromatic heterocycles. The van der Waals surface area contributed by atoms with Crippen molar-refractivity contribution in [3.63, 3.8) is 0 Å². The van der Waals surface area contributed by atoms with Gasteiger partial charge in [-0.2, -0.15) is 0 Å². The predicted molar refractivity (Wildman–Crippen MR) is 108 cm³/mol. The van der Waals surface area contributed by atoms with Crippen molar-refractivity contribution in [1.29, 1.82) is 0 Å². The minimum Gasteiger partial charge on any atom is -0.454 e. The molecule has 0 aliphatic carbocycles. The highest BCUT2D eigenvalue weighted by Crippen LogP contribution is 2.34. The minimum atomic E-state index is -0.0894. The fourth-order valence-electron chi connectivity index (χ4n) is 3.31. The third kappa shape index (κ3) is 4.39. The fourth-order valence-corrected chi connectivity index (χ4v) is 4.83. The van der Waals surface area contributed by atoms with E-state index in [-0.39, 0.29) is 18.9 Å². The SMILES string of the molecule is CC(NC(=O)N1CCN(Cc2ccc(Br)s2)CC1)c1ccc2c(c1)OCO2. The van der Waals surface area contributed by atoms with Gasteiger partial charge in [0.2, 0.25) is 6.79 Å². The summed E-state index contributed by atoms with van der Waals surface area (Å²) in [7, 11) is 0. The van der Waals surface area contributed by atoms with Crippen LogP contribution in [0.2, 0.25) is 0 Å². The van der Waals surface area contributed by atoms with E-state index in [1.54, 1.807) is 11.3 Å². The van der Waals surface area contributed by atoms with Gasteiger partial charge in [0.05, 0.1) is 9.83 Å². The summed E-state index contributed by atoms with van der Waals surface area (Å²) >= 11 is 5.27. The summed E-state index contributed by atoms with van der Waals surface area (Å²) in [5.74, 6) is 1.49. The van der Waals surface area contributed by atoms with Crippen LogP contribution in [0.4, 0.5) is 4.79 Å². The Morgan fingerprint density at radius 1 is 1.19 bits per heavy atom. The molecule has 2 amide bonds. The van der Waals surface area contributed by atoms with Gasteiger partial charge in [-0.15, -0.1) is 11.3 Å². The van der Waals surface area contributed by atoms with E-state index < -0.39 is 0 Å². The maximum absolute atomic E-state index is 12.6. The standard InChI is InChI=1S/C19H22BrN3O3S/c1-13(14-2-4-16-17(10-14)26-12-25-16)21-19(24)23-8-6-22(7-9-23)11-15-3-5-18(20)27-15/h2-5,10,13H,6-9,11-12H2,1H3,(H,21,24). The number of thiophene rings is 1. The monoisotopic (exact) mass is 451 g/mol. The number of carbonyl (C=O) groups excluding carboxylic acids is 1. The normalized spacial score (nSPS) is 17.8. The van der Waals surface area contributed by atoms with Gasteiger partial charge in [0.25, 0.3) is 0 Å². The molecule has 8 heteroatoms. The van der Waals surface area contributed by atoms with Crippen molar-refractivity contribution in [3.8, 4) is 11.5 Å². The van der Waals surface area contributed by atoms with Crippen molar-refractivity contribution in [2.75, 3.05) is 33.0 Å². The maximum atomic E-state index is 12.6. The first-order chi connectivity index (χ1) is 13.1. The Labute approximate surface area is 171 Å². The number of urea groups is 1. The molecule has 2 aromatic rings. The van der Waals surface area contributed by atoms with Crippen molar-refractivity contribution >= 4 is 33.3 Å².